The number of aromatic amines is 1. The number of nitrogens with one attached hydrogen (secondary N) is 3. The first-order chi connectivity index (χ1) is 9.85. The maximum Gasteiger partial charge on any atom is 0.281 e. The number of rotatable bonds is 5. The van der Waals surface area contributed by atoms with E-state index in [0.29, 0.717) is 17.8 Å². The number of benzene rings is 1. The van der Waals surface area contributed by atoms with Crippen LogP contribution in [-0.4, -0.2) is 25.7 Å². The van der Waals surface area contributed by atoms with E-state index in [1.807, 2.05) is 6.92 Å². The zero-order chi connectivity index (χ0) is 15.6. The highest BCUT2D eigenvalue weighted by molar-refractivity contribution is 9.10. The molecule has 1 aromatic heterocycles. The zero-order valence-corrected chi connectivity index (χ0v) is 14.4. The Kier molecular flexibility index (Phi) is 4.70. The molecule has 0 unspecified atom stereocenters. The largest absolute Gasteiger partial charge is 0.316 e. The van der Waals surface area contributed by atoms with E-state index >= 15 is 0 Å². The molecule has 3 N–H and O–H groups in total. The molecule has 1 aromatic carbocycles. The molecule has 21 heavy (non-hydrogen) atoms. The molecule has 6 nitrogen and oxygen atoms in total. The van der Waals surface area contributed by atoms with Gasteiger partial charge in [0.05, 0.1) is 0 Å². The minimum Gasteiger partial charge on any atom is -0.316 e. The highest BCUT2D eigenvalue weighted by Gasteiger charge is 2.23. The lowest BCUT2D eigenvalue weighted by Crippen LogP contribution is -2.17. The predicted molar refractivity (Wildman–Crippen MR) is 85.8 cm³/mol. The van der Waals surface area contributed by atoms with Gasteiger partial charge in [0.1, 0.15) is 0 Å². The minimum atomic E-state index is -3.72. The molecule has 114 valence electrons. The lowest BCUT2D eigenvalue weighted by atomic mass is 10.2. The van der Waals surface area contributed by atoms with E-state index < -0.39 is 10.0 Å². The van der Waals surface area contributed by atoms with Crippen LogP contribution in [0.4, 0.5) is 5.69 Å². The molecule has 2 rings (SSSR count). The molecular formula is C13H17BrN4O2S. The van der Waals surface area contributed by atoms with Gasteiger partial charge in [-0.15, -0.1) is 0 Å². The summed E-state index contributed by atoms with van der Waals surface area (Å²) in [6, 6.07) is 5.27. The van der Waals surface area contributed by atoms with Gasteiger partial charge in [-0.2, -0.15) is 13.5 Å². The summed E-state index contributed by atoms with van der Waals surface area (Å²) in [6.45, 7) is 4.12. The van der Waals surface area contributed by atoms with Gasteiger partial charge in [0.2, 0.25) is 5.03 Å². The quantitative estimate of drug-likeness (QED) is 0.751. The Bertz CT molecular complexity index is 756. The van der Waals surface area contributed by atoms with Gasteiger partial charge < -0.3 is 5.32 Å². The highest BCUT2D eigenvalue weighted by atomic mass is 79.9. The number of anilines is 1. The van der Waals surface area contributed by atoms with E-state index in [0.717, 1.165) is 15.7 Å². The van der Waals surface area contributed by atoms with Crippen molar-refractivity contribution in [3.63, 3.8) is 0 Å². The number of hydrogen-bond donors (Lipinski definition) is 3. The Labute approximate surface area is 132 Å². The third-order valence-corrected chi connectivity index (χ3v) is 5.30. The fraction of sp³-hybridized carbons (Fsp3) is 0.308. The second kappa shape index (κ2) is 6.17. The average Bonchev–Trinajstić information content (AvgIpc) is 2.77. The molecule has 2 aromatic rings. The van der Waals surface area contributed by atoms with E-state index in [9.17, 15) is 8.42 Å². The number of nitrogens with zero attached hydrogens (tertiary/aromatic N) is 1. The third kappa shape index (κ3) is 3.45. The van der Waals surface area contributed by atoms with Crippen LogP contribution < -0.4 is 10.0 Å². The summed E-state index contributed by atoms with van der Waals surface area (Å²) in [6.07, 6.45) is 0. The number of sulfonamides is 1. The molecule has 0 aliphatic carbocycles. The molecule has 0 saturated heterocycles. The van der Waals surface area contributed by atoms with Gasteiger partial charge in [-0.1, -0.05) is 15.9 Å². The van der Waals surface area contributed by atoms with Crippen LogP contribution in [0.15, 0.2) is 27.7 Å². The molecule has 0 saturated carbocycles. The zero-order valence-electron chi connectivity index (χ0n) is 12.0. The standard InChI is InChI=1S/C13H17BrN4O2S/c1-8-6-10(4-5-12(8)14)18-21(19,20)13-11(7-15-3)9(2)16-17-13/h4-6,15,18H,7H2,1-3H3,(H,16,17). The van der Waals surface area contributed by atoms with E-state index in [2.05, 4.69) is 36.2 Å². The lowest BCUT2D eigenvalue weighted by Gasteiger charge is -2.09. The first-order valence-corrected chi connectivity index (χ1v) is 8.60. The Morgan fingerprint density at radius 2 is 2.05 bits per heavy atom. The van der Waals surface area contributed by atoms with Gasteiger partial charge in [-0.25, -0.2) is 0 Å². The second-order valence-corrected chi connectivity index (χ2v) is 7.18. The van der Waals surface area contributed by atoms with E-state index in [-0.39, 0.29) is 5.03 Å². The number of aromatic nitrogens is 2. The SMILES string of the molecule is CNCc1c(S(=O)(=O)Nc2ccc(Br)c(C)c2)n[nH]c1C. The van der Waals surface area contributed by atoms with E-state index in [1.165, 1.54) is 0 Å². The molecule has 0 amide bonds. The van der Waals surface area contributed by atoms with Crippen molar-refractivity contribution < 1.29 is 8.42 Å². The van der Waals surface area contributed by atoms with Crippen molar-refractivity contribution in [2.75, 3.05) is 11.8 Å². The van der Waals surface area contributed by atoms with Crippen LogP contribution in [0, 0.1) is 13.8 Å². The van der Waals surface area contributed by atoms with E-state index in [1.54, 1.807) is 32.2 Å². The van der Waals surface area contributed by atoms with Crippen molar-refractivity contribution in [2.45, 2.75) is 25.4 Å². The molecule has 0 aliphatic heterocycles. The summed E-state index contributed by atoms with van der Waals surface area (Å²) in [7, 11) is -1.96. The molecular weight excluding hydrogens is 356 g/mol. The Morgan fingerprint density at radius 1 is 1.33 bits per heavy atom. The molecule has 1 heterocycles. The smallest absolute Gasteiger partial charge is 0.281 e. The summed E-state index contributed by atoms with van der Waals surface area (Å²) in [5.74, 6) is 0. The van der Waals surface area contributed by atoms with Crippen LogP contribution in [0.1, 0.15) is 16.8 Å². The summed E-state index contributed by atoms with van der Waals surface area (Å²) < 4.78 is 28.4. The van der Waals surface area contributed by atoms with Crippen LogP contribution in [0.3, 0.4) is 0 Å². The van der Waals surface area contributed by atoms with Crippen molar-refractivity contribution in [1.29, 1.82) is 0 Å². The summed E-state index contributed by atoms with van der Waals surface area (Å²) in [5.41, 5.74) is 2.83. The molecule has 0 atom stereocenters. The Balaban J connectivity index is 2.36. The molecule has 0 radical (unpaired) electrons. The minimum absolute atomic E-state index is 0.0231. The van der Waals surface area contributed by atoms with Crippen LogP contribution in [0.2, 0.25) is 0 Å². The van der Waals surface area contributed by atoms with Gasteiger partial charge in [-0.3, -0.25) is 9.82 Å². The average molecular weight is 373 g/mol. The van der Waals surface area contributed by atoms with Gasteiger partial charge in [0.15, 0.2) is 0 Å². The number of H-pyrrole nitrogens is 1. The van der Waals surface area contributed by atoms with Gasteiger partial charge in [-0.05, 0) is 44.7 Å². The molecule has 0 fully saturated rings. The number of halogens is 1. The van der Waals surface area contributed by atoms with Crippen LogP contribution in [0.25, 0.3) is 0 Å². The summed E-state index contributed by atoms with van der Waals surface area (Å²) in [4.78, 5) is 0. The van der Waals surface area contributed by atoms with Gasteiger partial charge >= 0.3 is 0 Å². The van der Waals surface area contributed by atoms with E-state index in [4.69, 9.17) is 0 Å². The summed E-state index contributed by atoms with van der Waals surface area (Å²) >= 11 is 3.39. The lowest BCUT2D eigenvalue weighted by molar-refractivity contribution is 0.595. The fourth-order valence-corrected chi connectivity index (χ4v) is 3.44. The first kappa shape index (κ1) is 16.0. The maximum atomic E-state index is 12.5. The van der Waals surface area contributed by atoms with Crippen molar-refractivity contribution in [3.05, 3.63) is 39.5 Å². The Morgan fingerprint density at radius 3 is 2.67 bits per heavy atom. The summed E-state index contributed by atoms with van der Waals surface area (Å²) in [5, 5.41) is 9.60. The predicted octanol–water partition coefficient (Wildman–Crippen LogP) is 2.31. The highest BCUT2D eigenvalue weighted by Crippen LogP contribution is 2.23. The molecule has 0 bridgehead atoms. The maximum absolute atomic E-state index is 12.5. The Hall–Kier alpha value is -1.38. The molecule has 8 heteroatoms. The van der Waals surface area contributed by atoms with Crippen LogP contribution in [0.5, 0.6) is 0 Å². The van der Waals surface area contributed by atoms with Crippen LogP contribution in [-0.2, 0) is 16.6 Å². The topological polar surface area (TPSA) is 86.9 Å². The van der Waals surface area contributed by atoms with Crippen molar-refractivity contribution in [3.8, 4) is 0 Å². The second-order valence-electron chi connectivity index (χ2n) is 4.73. The van der Waals surface area contributed by atoms with Crippen LogP contribution >= 0.6 is 15.9 Å². The number of aryl methyl sites for hydroxylation is 2. The monoisotopic (exact) mass is 372 g/mol. The van der Waals surface area contributed by atoms with Crippen molar-refractivity contribution in [1.82, 2.24) is 15.5 Å². The molecule has 0 aliphatic rings. The normalized spacial score (nSPS) is 11.6. The fourth-order valence-electron chi connectivity index (χ4n) is 1.95. The van der Waals surface area contributed by atoms with Gasteiger partial charge in [0.25, 0.3) is 10.0 Å². The van der Waals surface area contributed by atoms with Crippen molar-refractivity contribution >= 4 is 31.6 Å². The third-order valence-electron chi connectivity index (χ3n) is 3.05. The van der Waals surface area contributed by atoms with Crippen molar-refractivity contribution in [2.24, 2.45) is 0 Å². The first-order valence-electron chi connectivity index (χ1n) is 6.32. The number of hydrogen-bond acceptors (Lipinski definition) is 4. The molecule has 0 spiro atoms. The van der Waals surface area contributed by atoms with Gasteiger partial charge in [0, 0.05) is 28.0 Å².